The summed E-state index contributed by atoms with van der Waals surface area (Å²) in [5, 5.41) is 10.0. The van der Waals surface area contributed by atoms with Gasteiger partial charge in [-0.1, -0.05) is 15.9 Å². The topological polar surface area (TPSA) is 38.7 Å². The van der Waals surface area contributed by atoms with E-state index in [1.165, 1.54) is 0 Å². The summed E-state index contributed by atoms with van der Waals surface area (Å²) in [6.45, 7) is 3.22. The molecule has 92 valence electrons. The van der Waals surface area contributed by atoms with Gasteiger partial charge in [-0.3, -0.25) is 0 Å². The standard InChI is InChI=1S/C13H15BrO3/c1-8-9(7-13(15)2-3-13)10(14)6-11-12(8)17-5-4-16-11/h6,15H,2-5,7H2,1H3. The summed E-state index contributed by atoms with van der Waals surface area (Å²) >= 11 is 3.56. The summed E-state index contributed by atoms with van der Waals surface area (Å²) in [5.74, 6) is 1.63. The largest absolute Gasteiger partial charge is 0.486 e. The molecule has 0 unspecified atom stereocenters. The molecule has 0 amide bonds. The summed E-state index contributed by atoms with van der Waals surface area (Å²) in [6, 6.07) is 1.95. The second-order valence-electron chi connectivity index (χ2n) is 4.89. The molecule has 0 spiro atoms. The first-order valence-electron chi connectivity index (χ1n) is 5.89. The first-order valence-corrected chi connectivity index (χ1v) is 6.68. The highest BCUT2D eigenvalue weighted by molar-refractivity contribution is 9.10. The average molecular weight is 299 g/mol. The molecule has 1 saturated carbocycles. The van der Waals surface area contributed by atoms with Crippen LogP contribution in [0, 0.1) is 6.92 Å². The minimum absolute atomic E-state index is 0.489. The Hall–Kier alpha value is -0.740. The lowest BCUT2D eigenvalue weighted by Crippen LogP contribution is -2.18. The van der Waals surface area contributed by atoms with Crippen LogP contribution >= 0.6 is 15.9 Å². The van der Waals surface area contributed by atoms with Crippen LogP contribution in [0.4, 0.5) is 0 Å². The third-order valence-corrected chi connectivity index (χ3v) is 4.19. The van der Waals surface area contributed by atoms with Crippen molar-refractivity contribution in [2.75, 3.05) is 13.2 Å². The Kier molecular flexibility index (Phi) is 2.60. The summed E-state index contributed by atoms with van der Waals surface area (Å²) in [5.41, 5.74) is 1.72. The van der Waals surface area contributed by atoms with Gasteiger partial charge in [0, 0.05) is 10.9 Å². The van der Waals surface area contributed by atoms with Gasteiger partial charge in [-0.25, -0.2) is 0 Å². The minimum Gasteiger partial charge on any atom is -0.486 e. The monoisotopic (exact) mass is 298 g/mol. The van der Waals surface area contributed by atoms with Crippen LogP contribution in [-0.4, -0.2) is 23.9 Å². The molecule has 0 saturated heterocycles. The number of ether oxygens (including phenoxy) is 2. The zero-order valence-corrected chi connectivity index (χ0v) is 11.3. The van der Waals surface area contributed by atoms with E-state index in [0.29, 0.717) is 19.6 Å². The second kappa shape index (κ2) is 3.89. The van der Waals surface area contributed by atoms with Crippen LogP contribution in [0.25, 0.3) is 0 Å². The van der Waals surface area contributed by atoms with Crippen molar-refractivity contribution in [2.24, 2.45) is 0 Å². The van der Waals surface area contributed by atoms with E-state index in [9.17, 15) is 5.11 Å². The molecule has 1 aromatic rings. The summed E-state index contributed by atoms with van der Waals surface area (Å²) < 4.78 is 12.2. The van der Waals surface area contributed by atoms with Gasteiger partial charge in [-0.15, -0.1) is 0 Å². The van der Waals surface area contributed by atoms with Crippen molar-refractivity contribution < 1.29 is 14.6 Å². The van der Waals surface area contributed by atoms with Crippen LogP contribution in [0.3, 0.4) is 0 Å². The molecule has 0 aromatic heterocycles. The molecule has 1 aromatic carbocycles. The van der Waals surface area contributed by atoms with E-state index in [1.54, 1.807) is 0 Å². The van der Waals surface area contributed by atoms with E-state index in [2.05, 4.69) is 15.9 Å². The number of aliphatic hydroxyl groups is 1. The molecule has 1 heterocycles. The van der Waals surface area contributed by atoms with Gasteiger partial charge in [0.1, 0.15) is 13.2 Å². The summed E-state index contributed by atoms with van der Waals surface area (Å²) in [4.78, 5) is 0. The van der Waals surface area contributed by atoms with Gasteiger partial charge in [0.15, 0.2) is 11.5 Å². The molecule has 1 fully saturated rings. The molecule has 3 nitrogen and oxygen atoms in total. The SMILES string of the molecule is Cc1c(CC2(O)CC2)c(Br)cc2c1OCCO2. The van der Waals surface area contributed by atoms with Gasteiger partial charge in [0.2, 0.25) is 0 Å². The normalized spacial score (nSPS) is 20.2. The molecule has 4 heteroatoms. The van der Waals surface area contributed by atoms with Crippen LogP contribution in [0.1, 0.15) is 24.0 Å². The molecule has 17 heavy (non-hydrogen) atoms. The molecule has 0 bridgehead atoms. The lowest BCUT2D eigenvalue weighted by Gasteiger charge is -2.23. The predicted octanol–water partition coefficient (Wildman–Crippen LogP) is 2.60. The van der Waals surface area contributed by atoms with Crippen LogP contribution < -0.4 is 9.47 Å². The van der Waals surface area contributed by atoms with E-state index in [1.807, 2.05) is 13.0 Å². The predicted molar refractivity (Wildman–Crippen MR) is 67.8 cm³/mol. The third kappa shape index (κ3) is 2.04. The molecule has 1 aliphatic carbocycles. The Bertz CT molecular complexity index is 466. The van der Waals surface area contributed by atoms with E-state index in [-0.39, 0.29) is 0 Å². The Morgan fingerprint density at radius 1 is 1.35 bits per heavy atom. The van der Waals surface area contributed by atoms with Crippen molar-refractivity contribution in [3.63, 3.8) is 0 Å². The van der Waals surface area contributed by atoms with Crippen LogP contribution in [0.5, 0.6) is 11.5 Å². The van der Waals surface area contributed by atoms with Gasteiger partial charge in [0.25, 0.3) is 0 Å². The maximum Gasteiger partial charge on any atom is 0.164 e. The Labute approximate surface area is 109 Å². The van der Waals surface area contributed by atoms with E-state index < -0.39 is 5.60 Å². The number of hydrogen-bond acceptors (Lipinski definition) is 3. The van der Waals surface area contributed by atoms with E-state index in [4.69, 9.17) is 9.47 Å². The number of fused-ring (bicyclic) bond motifs is 1. The molecule has 3 rings (SSSR count). The molecule has 1 aliphatic heterocycles. The van der Waals surface area contributed by atoms with Crippen molar-refractivity contribution in [3.05, 3.63) is 21.7 Å². The second-order valence-corrected chi connectivity index (χ2v) is 5.74. The smallest absolute Gasteiger partial charge is 0.164 e. The average Bonchev–Trinajstić information content (AvgIpc) is 3.03. The van der Waals surface area contributed by atoms with Crippen LogP contribution in [0.15, 0.2) is 10.5 Å². The fourth-order valence-corrected chi connectivity index (χ4v) is 2.86. The maximum absolute atomic E-state index is 10.0. The third-order valence-electron chi connectivity index (χ3n) is 3.48. The lowest BCUT2D eigenvalue weighted by molar-refractivity contribution is 0.149. The molecule has 1 N–H and O–H groups in total. The fourth-order valence-electron chi connectivity index (χ4n) is 2.22. The molecule has 0 radical (unpaired) electrons. The highest BCUT2D eigenvalue weighted by atomic mass is 79.9. The first-order chi connectivity index (χ1) is 8.09. The highest BCUT2D eigenvalue weighted by Gasteiger charge is 2.41. The number of hydrogen-bond donors (Lipinski definition) is 1. The van der Waals surface area contributed by atoms with Crippen molar-refractivity contribution >= 4 is 15.9 Å². The van der Waals surface area contributed by atoms with Gasteiger partial charge in [0.05, 0.1) is 5.60 Å². The molecule has 0 atom stereocenters. The van der Waals surface area contributed by atoms with Crippen LogP contribution in [0.2, 0.25) is 0 Å². The fraction of sp³-hybridized carbons (Fsp3) is 0.538. The zero-order valence-electron chi connectivity index (χ0n) is 9.75. The van der Waals surface area contributed by atoms with Crippen LogP contribution in [-0.2, 0) is 6.42 Å². The van der Waals surface area contributed by atoms with Gasteiger partial charge in [-0.2, -0.15) is 0 Å². The number of halogens is 1. The zero-order chi connectivity index (χ0) is 12.0. The first kappa shape index (κ1) is 11.4. The summed E-state index contributed by atoms with van der Waals surface area (Å²) in [6.07, 6.45) is 2.48. The van der Waals surface area contributed by atoms with E-state index >= 15 is 0 Å². The van der Waals surface area contributed by atoms with Gasteiger partial charge in [-0.05, 0) is 37.0 Å². The van der Waals surface area contributed by atoms with Crippen molar-refractivity contribution in [3.8, 4) is 11.5 Å². The number of benzene rings is 1. The lowest BCUT2D eigenvalue weighted by atomic mass is 10.00. The van der Waals surface area contributed by atoms with Crippen molar-refractivity contribution in [2.45, 2.75) is 31.8 Å². The highest BCUT2D eigenvalue weighted by Crippen LogP contribution is 2.45. The Morgan fingerprint density at radius 3 is 2.76 bits per heavy atom. The molecule has 2 aliphatic rings. The molecular weight excluding hydrogens is 284 g/mol. The quantitative estimate of drug-likeness (QED) is 0.912. The van der Waals surface area contributed by atoms with Crippen molar-refractivity contribution in [1.29, 1.82) is 0 Å². The van der Waals surface area contributed by atoms with E-state index in [0.717, 1.165) is 39.9 Å². The number of rotatable bonds is 2. The van der Waals surface area contributed by atoms with Crippen molar-refractivity contribution in [1.82, 2.24) is 0 Å². The summed E-state index contributed by atoms with van der Waals surface area (Å²) in [7, 11) is 0. The van der Waals surface area contributed by atoms with Gasteiger partial charge >= 0.3 is 0 Å². The Balaban J connectivity index is 2.02. The minimum atomic E-state index is -0.489. The maximum atomic E-state index is 10.0. The molecular formula is C13H15BrO3. The van der Waals surface area contributed by atoms with Gasteiger partial charge < -0.3 is 14.6 Å². The Morgan fingerprint density at radius 2 is 2.06 bits per heavy atom.